The number of aromatic nitrogens is 4. The average molecular weight is 337 g/mol. The Morgan fingerprint density at radius 1 is 1.24 bits per heavy atom. The van der Waals surface area contributed by atoms with Crippen LogP contribution in [0.1, 0.15) is 16.1 Å². The summed E-state index contributed by atoms with van der Waals surface area (Å²) in [6.45, 7) is 2.70. The van der Waals surface area contributed by atoms with E-state index in [4.69, 9.17) is 4.74 Å². The van der Waals surface area contributed by atoms with Gasteiger partial charge in [-0.25, -0.2) is 9.78 Å². The van der Waals surface area contributed by atoms with Crippen molar-refractivity contribution in [1.82, 2.24) is 20.0 Å². The van der Waals surface area contributed by atoms with Gasteiger partial charge in [0.15, 0.2) is 5.82 Å². The highest BCUT2D eigenvalue weighted by molar-refractivity contribution is 6.07. The van der Waals surface area contributed by atoms with Crippen LogP contribution >= 0.6 is 0 Å². The summed E-state index contributed by atoms with van der Waals surface area (Å²) in [6.07, 6.45) is 1.52. The van der Waals surface area contributed by atoms with Crippen LogP contribution in [0, 0.1) is 6.92 Å². The molecule has 0 saturated carbocycles. The molecule has 0 fully saturated rings. The zero-order valence-electron chi connectivity index (χ0n) is 13.5. The first-order valence-electron chi connectivity index (χ1n) is 7.79. The minimum Gasteiger partial charge on any atom is -0.490 e. The van der Waals surface area contributed by atoms with Crippen LogP contribution < -0.4 is 15.2 Å². The Morgan fingerprint density at radius 2 is 2.08 bits per heavy atom. The van der Waals surface area contributed by atoms with Crippen molar-refractivity contribution in [3.63, 3.8) is 0 Å². The second kappa shape index (κ2) is 5.90. The van der Waals surface area contributed by atoms with Crippen molar-refractivity contribution in [2.45, 2.75) is 6.92 Å². The van der Waals surface area contributed by atoms with Gasteiger partial charge in [0.1, 0.15) is 12.4 Å². The molecular formula is C17H15N5O3. The maximum Gasteiger partial charge on any atom is 0.264 e. The maximum absolute atomic E-state index is 13.0. The molecule has 1 aromatic carbocycles. The fraction of sp³-hybridized carbons (Fsp3) is 0.176. The van der Waals surface area contributed by atoms with E-state index in [0.29, 0.717) is 36.0 Å². The topological polar surface area (TPSA) is 93.1 Å². The third-order valence-electron chi connectivity index (χ3n) is 4.10. The van der Waals surface area contributed by atoms with Gasteiger partial charge in [0.05, 0.1) is 29.7 Å². The molecule has 3 aromatic rings. The molecule has 0 atom stereocenters. The minimum atomic E-state index is -0.296. The number of anilines is 1. The lowest BCUT2D eigenvalue weighted by atomic mass is 10.1. The summed E-state index contributed by atoms with van der Waals surface area (Å²) in [5.74, 6) is 0.983. The van der Waals surface area contributed by atoms with Gasteiger partial charge in [-0.1, -0.05) is 12.1 Å². The molecule has 1 N–H and O–H groups in total. The third-order valence-corrected chi connectivity index (χ3v) is 4.10. The fourth-order valence-corrected chi connectivity index (χ4v) is 2.83. The Bertz CT molecular complexity index is 987. The van der Waals surface area contributed by atoms with Crippen LogP contribution in [0.25, 0.3) is 5.82 Å². The summed E-state index contributed by atoms with van der Waals surface area (Å²) < 4.78 is 7.12. The van der Waals surface area contributed by atoms with Crippen LogP contribution in [0.3, 0.4) is 0 Å². The Morgan fingerprint density at radius 3 is 2.88 bits per heavy atom. The molecular weight excluding hydrogens is 322 g/mol. The van der Waals surface area contributed by atoms with Gasteiger partial charge in [-0.15, -0.1) is 0 Å². The number of hydrogen-bond donors (Lipinski definition) is 1. The molecule has 0 bridgehead atoms. The summed E-state index contributed by atoms with van der Waals surface area (Å²) in [7, 11) is 0. The number of amides is 1. The number of para-hydroxylation sites is 2. The predicted molar refractivity (Wildman–Crippen MR) is 90.3 cm³/mol. The number of carbonyl (C=O) groups excluding carboxylic acids is 1. The second-order valence-electron chi connectivity index (χ2n) is 5.61. The molecule has 1 aliphatic rings. The van der Waals surface area contributed by atoms with Crippen molar-refractivity contribution >= 4 is 11.6 Å². The molecule has 0 radical (unpaired) electrons. The van der Waals surface area contributed by atoms with E-state index in [1.54, 1.807) is 17.9 Å². The minimum absolute atomic E-state index is 0.149. The van der Waals surface area contributed by atoms with E-state index in [1.807, 2.05) is 24.3 Å². The van der Waals surface area contributed by atoms with Crippen molar-refractivity contribution in [3.8, 4) is 11.6 Å². The molecule has 1 aliphatic heterocycles. The number of benzene rings is 1. The smallest absolute Gasteiger partial charge is 0.264 e. The lowest BCUT2D eigenvalue weighted by molar-refractivity contribution is 0.0976. The quantitative estimate of drug-likeness (QED) is 0.761. The highest BCUT2D eigenvalue weighted by atomic mass is 16.5. The van der Waals surface area contributed by atoms with Crippen molar-refractivity contribution in [1.29, 1.82) is 0 Å². The molecule has 25 heavy (non-hydrogen) atoms. The van der Waals surface area contributed by atoms with Crippen molar-refractivity contribution in [2.75, 3.05) is 18.1 Å². The Kier molecular flexibility index (Phi) is 3.57. The van der Waals surface area contributed by atoms with Gasteiger partial charge >= 0.3 is 0 Å². The second-order valence-corrected chi connectivity index (χ2v) is 5.61. The fourth-order valence-electron chi connectivity index (χ4n) is 2.83. The van der Waals surface area contributed by atoms with Crippen molar-refractivity contribution < 1.29 is 9.53 Å². The first-order valence-corrected chi connectivity index (χ1v) is 7.79. The molecule has 126 valence electrons. The number of rotatable bonds is 2. The van der Waals surface area contributed by atoms with Crippen molar-refractivity contribution in [3.05, 3.63) is 64.2 Å². The summed E-state index contributed by atoms with van der Waals surface area (Å²) in [6, 6.07) is 10.4. The molecule has 8 nitrogen and oxygen atoms in total. The van der Waals surface area contributed by atoms with E-state index in [2.05, 4.69) is 15.3 Å². The predicted octanol–water partition coefficient (Wildman–Crippen LogP) is 1.30. The maximum atomic E-state index is 13.0. The van der Waals surface area contributed by atoms with Gasteiger partial charge in [-0.2, -0.15) is 10.2 Å². The molecule has 0 spiro atoms. The van der Waals surface area contributed by atoms with Crippen LogP contribution in [0.5, 0.6) is 5.75 Å². The largest absolute Gasteiger partial charge is 0.490 e. The lowest BCUT2D eigenvalue weighted by Gasteiger charge is -2.29. The number of ether oxygens (including phenoxy) is 1. The molecule has 0 aliphatic carbocycles. The zero-order valence-corrected chi connectivity index (χ0v) is 13.5. The SMILES string of the molecule is Cc1c(C(=O)N2CCOc3ccccc32)cnn1-c1ccc(=O)[nH]n1. The van der Waals surface area contributed by atoms with E-state index < -0.39 is 0 Å². The summed E-state index contributed by atoms with van der Waals surface area (Å²) in [5, 5.41) is 10.6. The van der Waals surface area contributed by atoms with Crippen molar-refractivity contribution in [2.24, 2.45) is 0 Å². The van der Waals surface area contributed by atoms with E-state index in [0.717, 1.165) is 5.69 Å². The molecule has 3 heterocycles. The lowest BCUT2D eigenvalue weighted by Crippen LogP contribution is -2.38. The standard InChI is InChI=1S/C17H15N5O3/c1-11-12(10-18-22(11)15-6-7-16(23)20-19-15)17(24)21-8-9-25-14-5-3-2-4-13(14)21/h2-7,10H,8-9H2,1H3,(H,20,23). The van der Waals surface area contributed by atoms with Gasteiger partial charge in [0.2, 0.25) is 0 Å². The Labute approximate surface area is 142 Å². The van der Waals surface area contributed by atoms with Gasteiger partial charge in [0.25, 0.3) is 11.5 Å². The summed E-state index contributed by atoms with van der Waals surface area (Å²) in [5.41, 5.74) is 1.57. The van der Waals surface area contributed by atoms with Crippen LogP contribution in [-0.2, 0) is 0 Å². The van der Waals surface area contributed by atoms with E-state index in [-0.39, 0.29) is 11.5 Å². The number of aromatic amines is 1. The monoisotopic (exact) mass is 337 g/mol. The molecule has 0 saturated heterocycles. The molecule has 4 rings (SSSR count). The average Bonchev–Trinajstić information content (AvgIpc) is 3.03. The molecule has 8 heteroatoms. The summed E-state index contributed by atoms with van der Waals surface area (Å²) in [4.78, 5) is 25.9. The van der Waals surface area contributed by atoms with E-state index in [9.17, 15) is 9.59 Å². The normalized spacial score (nSPS) is 13.2. The van der Waals surface area contributed by atoms with Gasteiger partial charge in [-0.3, -0.25) is 9.59 Å². The number of hydrogen-bond acceptors (Lipinski definition) is 5. The molecule has 2 aromatic heterocycles. The number of H-pyrrole nitrogens is 1. The first kappa shape index (κ1) is 15.1. The Hall–Kier alpha value is -3.42. The van der Waals surface area contributed by atoms with Crippen LogP contribution in [0.2, 0.25) is 0 Å². The van der Waals surface area contributed by atoms with Gasteiger partial charge in [-0.05, 0) is 25.1 Å². The number of nitrogens with zero attached hydrogens (tertiary/aromatic N) is 4. The third kappa shape index (κ3) is 2.57. The molecule has 0 unspecified atom stereocenters. The highest BCUT2D eigenvalue weighted by Crippen LogP contribution is 2.32. The molecule has 1 amide bonds. The van der Waals surface area contributed by atoms with E-state index >= 15 is 0 Å². The zero-order chi connectivity index (χ0) is 17.4. The summed E-state index contributed by atoms with van der Waals surface area (Å²) >= 11 is 0. The number of carbonyl (C=O) groups is 1. The van der Waals surface area contributed by atoms with E-state index in [1.165, 1.54) is 16.9 Å². The van der Waals surface area contributed by atoms with Gasteiger partial charge < -0.3 is 9.64 Å². The van der Waals surface area contributed by atoms with Crippen LogP contribution in [0.4, 0.5) is 5.69 Å². The van der Waals surface area contributed by atoms with Gasteiger partial charge in [0, 0.05) is 6.07 Å². The van der Waals surface area contributed by atoms with Crippen LogP contribution in [0.15, 0.2) is 47.4 Å². The highest BCUT2D eigenvalue weighted by Gasteiger charge is 2.27. The van der Waals surface area contributed by atoms with Crippen LogP contribution in [-0.4, -0.2) is 39.0 Å². The Balaban J connectivity index is 1.71. The first-order chi connectivity index (χ1) is 12.1. The number of fused-ring (bicyclic) bond motifs is 1. The number of nitrogens with one attached hydrogen (secondary N) is 1.